The third-order valence-corrected chi connectivity index (χ3v) is 3.83. The first kappa shape index (κ1) is 18.3. The maximum atomic E-state index is 12.1. The molecule has 1 aromatic carbocycles. The number of rotatable bonds is 7. The SMILES string of the molecule is Cc1ccc(OCCNC(=O)Cn2nc(-c3cccnc3)ccc2=O)cc1. The Kier molecular flexibility index (Phi) is 5.94. The highest BCUT2D eigenvalue weighted by atomic mass is 16.5. The minimum absolute atomic E-state index is 0.155. The lowest BCUT2D eigenvalue weighted by molar-refractivity contribution is -0.122. The molecule has 0 saturated heterocycles. The smallest absolute Gasteiger partial charge is 0.267 e. The van der Waals surface area contributed by atoms with Gasteiger partial charge in [0, 0.05) is 24.0 Å². The minimum atomic E-state index is -0.339. The first-order valence-corrected chi connectivity index (χ1v) is 8.56. The second-order valence-corrected chi connectivity index (χ2v) is 5.97. The van der Waals surface area contributed by atoms with Crippen LogP contribution in [0.1, 0.15) is 5.56 Å². The van der Waals surface area contributed by atoms with Gasteiger partial charge in [0.05, 0.1) is 12.2 Å². The lowest BCUT2D eigenvalue weighted by Crippen LogP contribution is -2.35. The molecule has 0 aliphatic heterocycles. The van der Waals surface area contributed by atoms with E-state index in [1.165, 1.54) is 6.07 Å². The summed E-state index contributed by atoms with van der Waals surface area (Å²) in [7, 11) is 0. The van der Waals surface area contributed by atoms with E-state index < -0.39 is 0 Å². The number of nitrogens with one attached hydrogen (secondary N) is 1. The van der Waals surface area contributed by atoms with E-state index in [2.05, 4.69) is 15.4 Å². The number of carbonyl (C=O) groups excluding carboxylic acids is 1. The summed E-state index contributed by atoms with van der Waals surface area (Å²) < 4.78 is 6.69. The van der Waals surface area contributed by atoms with E-state index >= 15 is 0 Å². The van der Waals surface area contributed by atoms with Crippen LogP contribution in [0, 0.1) is 6.92 Å². The summed E-state index contributed by atoms with van der Waals surface area (Å²) in [6.45, 7) is 2.53. The third-order valence-electron chi connectivity index (χ3n) is 3.83. The van der Waals surface area contributed by atoms with E-state index in [1.807, 2.05) is 37.3 Å². The number of nitrogens with zero attached hydrogens (tertiary/aromatic N) is 3. The summed E-state index contributed by atoms with van der Waals surface area (Å²) in [5, 5.41) is 6.96. The molecule has 0 saturated carbocycles. The molecule has 138 valence electrons. The lowest BCUT2D eigenvalue weighted by Gasteiger charge is -2.09. The van der Waals surface area contributed by atoms with E-state index in [1.54, 1.807) is 24.5 Å². The van der Waals surface area contributed by atoms with Crippen molar-refractivity contribution in [3.63, 3.8) is 0 Å². The van der Waals surface area contributed by atoms with Crippen LogP contribution in [0.25, 0.3) is 11.3 Å². The molecule has 27 heavy (non-hydrogen) atoms. The second-order valence-electron chi connectivity index (χ2n) is 5.97. The number of aryl methyl sites for hydroxylation is 1. The number of ether oxygens (including phenoxy) is 1. The van der Waals surface area contributed by atoms with Crippen LogP contribution in [0.2, 0.25) is 0 Å². The Morgan fingerprint density at radius 2 is 1.96 bits per heavy atom. The minimum Gasteiger partial charge on any atom is -0.492 e. The monoisotopic (exact) mass is 364 g/mol. The number of aromatic nitrogens is 3. The lowest BCUT2D eigenvalue weighted by atomic mass is 10.2. The molecule has 2 heterocycles. The van der Waals surface area contributed by atoms with Crippen molar-refractivity contribution >= 4 is 5.91 Å². The van der Waals surface area contributed by atoms with E-state index in [-0.39, 0.29) is 18.0 Å². The van der Waals surface area contributed by atoms with Gasteiger partial charge in [-0.1, -0.05) is 17.7 Å². The van der Waals surface area contributed by atoms with Gasteiger partial charge in [0.15, 0.2) is 0 Å². The molecule has 1 amide bonds. The topological polar surface area (TPSA) is 86.1 Å². The molecule has 1 N–H and O–H groups in total. The largest absolute Gasteiger partial charge is 0.492 e. The summed E-state index contributed by atoms with van der Waals surface area (Å²) in [5.41, 5.74) is 2.17. The van der Waals surface area contributed by atoms with Crippen LogP contribution in [-0.4, -0.2) is 33.8 Å². The molecule has 0 aliphatic rings. The number of pyridine rings is 1. The van der Waals surface area contributed by atoms with Gasteiger partial charge in [0.2, 0.25) is 5.91 Å². The average molecular weight is 364 g/mol. The number of carbonyl (C=O) groups is 1. The Balaban J connectivity index is 1.53. The van der Waals surface area contributed by atoms with Crippen LogP contribution in [-0.2, 0) is 11.3 Å². The normalized spacial score (nSPS) is 10.4. The molecule has 0 atom stereocenters. The Morgan fingerprint density at radius 3 is 2.70 bits per heavy atom. The Labute approximate surface area is 156 Å². The van der Waals surface area contributed by atoms with Crippen LogP contribution < -0.4 is 15.6 Å². The van der Waals surface area contributed by atoms with Crippen molar-refractivity contribution in [3.05, 3.63) is 76.8 Å². The predicted molar refractivity (Wildman–Crippen MR) is 101 cm³/mol. The third kappa shape index (κ3) is 5.24. The summed E-state index contributed by atoms with van der Waals surface area (Å²) in [6, 6.07) is 14.3. The molecular weight excluding hydrogens is 344 g/mol. The van der Waals surface area contributed by atoms with Gasteiger partial charge in [-0.3, -0.25) is 14.6 Å². The van der Waals surface area contributed by atoms with Crippen molar-refractivity contribution in [1.29, 1.82) is 0 Å². The van der Waals surface area contributed by atoms with Crippen molar-refractivity contribution < 1.29 is 9.53 Å². The Bertz CT molecular complexity index is 953. The predicted octanol–water partition coefficient (Wildman–Crippen LogP) is 1.81. The second kappa shape index (κ2) is 8.75. The van der Waals surface area contributed by atoms with Gasteiger partial charge in [0.1, 0.15) is 18.9 Å². The van der Waals surface area contributed by atoms with Gasteiger partial charge in [0.25, 0.3) is 5.56 Å². The summed E-state index contributed by atoms with van der Waals surface area (Å²) in [4.78, 5) is 28.1. The Morgan fingerprint density at radius 1 is 1.15 bits per heavy atom. The Hall–Kier alpha value is -3.48. The van der Waals surface area contributed by atoms with Gasteiger partial charge in [-0.2, -0.15) is 5.10 Å². The van der Waals surface area contributed by atoms with Crippen LogP contribution in [0.4, 0.5) is 0 Å². The first-order chi connectivity index (χ1) is 13.1. The molecule has 0 radical (unpaired) electrons. The molecule has 0 aliphatic carbocycles. The van der Waals surface area contributed by atoms with Crippen LogP contribution in [0.3, 0.4) is 0 Å². The van der Waals surface area contributed by atoms with Crippen LogP contribution >= 0.6 is 0 Å². The molecule has 0 fully saturated rings. The van der Waals surface area contributed by atoms with Gasteiger partial charge < -0.3 is 10.1 Å². The molecule has 0 bridgehead atoms. The number of amides is 1. The fourth-order valence-corrected chi connectivity index (χ4v) is 2.42. The zero-order chi connectivity index (χ0) is 19.1. The molecule has 7 nitrogen and oxygen atoms in total. The summed E-state index contributed by atoms with van der Waals surface area (Å²) in [5.74, 6) is 0.442. The van der Waals surface area contributed by atoms with Crippen molar-refractivity contribution in [2.24, 2.45) is 0 Å². The first-order valence-electron chi connectivity index (χ1n) is 8.56. The van der Waals surface area contributed by atoms with Crippen LogP contribution in [0.15, 0.2) is 65.7 Å². The fraction of sp³-hybridized carbons (Fsp3) is 0.200. The molecule has 3 aromatic rings. The van der Waals surface area contributed by atoms with Gasteiger partial charge >= 0.3 is 0 Å². The molecule has 3 rings (SSSR count). The highest BCUT2D eigenvalue weighted by Gasteiger charge is 2.08. The van der Waals surface area contributed by atoms with E-state index in [0.717, 1.165) is 21.6 Å². The maximum Gasteiger partial charge on any atom is 0.267 e. The van der Waals surface area contributed by atoms with E-state index in [0.29, 0.717) is 18.8 Å². The van der Waals surface area contributed by atoms with Crippen molar-refractivity contribution in [1.82, 2.24) is 20.1 Å². The van der Waals surface area contributed by atoms with Crippen molar-refractivity contribution in [3.8, 4) is 17.0 Å². The highest BCUT2D eigenvalue weighted by molar-refractivity contribution is 5.75. The molecule has 0 spiro atoms. The fourth-order valence-electron chi connectivity index (χ4n) is 2.42. The number of benzene rings is 1. The summed E-state index contributed by atoms with van der Waals surface area (Å²) in [6.07, 6.45) is 3.31. The van der Waals surface area contributed by atoms with Crippen LogP contribution in [0.5, 0.6) is 5.75 Å². The number of hydrogen-bond acceptors (Lipinski definition) is 5. The average Bonchev–Trinajstić information content (AvgIpc) is 2.69. The molecule has 0 unspecified atom stereocenters. The maximum absolute atomic E-state index is 12.1. The van der Waals surface area contributed by atoms with Gasteiger partial charge in [-0.05, 0) is 37.3 Å². The number of hydrogen-bond donors (Lipinski definition) is 1. The van der Waals surface area contributed by atoms with Gasteiger partial charge in [-0.15, -0.1) is 0 Å². The molecule has 7 heteroatoms. The van der Waals surface area contributed by atoms with Crippen molar-refractivity contribution in [2.75, 3.05) is 13.2 Å². The zero-order valence-electron chi connectivity index (χ0n) is 15.0. The summed E-state index contributed by atoms with van der Waals surface area (Å²) >= 11 is 0. The van der Waals surface area contributed by atoms with Gasteiger partial charge in [-0.25, -0.2) is 4.68 Å². The van der Waals surface area contributed by atoms with E-state index in [4.69, 9.17) is 4.74 Å². The van der Waals surface area contributed by atoms with Crippen molar-refractivity contribution in [2.45, 2.75) is 13.5 Å². The molecular formula is C20H20N4O3. The quantitative estimate of drug-likeness (QED) is 0.646. The zero-order valence-corrected chi connectivity index (χ0v) is 15.0. The molecule has 2 aromatic heterocycles. The standard InChI is InChI=1S/C20H20N4O3/c1-15-4-6-17(7-5-15)27-12-11-22-19(25)14-24-20(26)9-8-18(23-24)16-3-2-10-21-13-16/h2-10,13H,11-12,14H2,1H3,(H,22,25). The highest BCUT2D eigenvalue weighted by Crippen LogP contribution is 2.12. The van der Waals surface area contributed by atoms with E-state index in [9.17, 15) is 9.59 Å².